The summed E-state index contributed by atoms with van der Waals surface area (Å²) < 4.78 is 2.23. The van der Waals surface area contributed by atoms with Gasteiger partial charge >= 0.3 is 0 Å². The first-order valence-corrected chi connectivity index (χ1v) is 11.2. The molecular formula is C21H15N3OS3. The molecule has 1 N–H and O–H groups in total. The summed E-state index contributed by atoms with van der Waals surface area (Å²) in [6, 6.07) is 16.0. The van der Waals surface area contributed by atoms with Crippen LogP contribution in [0.1, 0.15) is 20.8 Å². The molecule has 4 nitrogen and oxygen atoms in total. The number of thiophene rings is 1. The van der Waals surface area contributed by atoms with Crippen molar-refractivity contribution in [3.05, 3.63) is 64.5 Å². The third kappa shape index (κ3) is 3.01. The number of anilines is 1. The smallest absolute Gasteiger partial charge is 0.267 e. The third-order valence-corrected chi connectivity index (χ3v) is 7.87. The summed E-state index contributed by atoms with van der Waals surface area (Å²) in [6.07, 6.45) is 0. The number of nitrogens with zero attached hydrogens (tertiary/aromatic N) is 2. The molecule has 0 radical (unpaired) electrons. The van der Waals surface area contributed by atoms with E-state index in [-0.39, 0.29) is 5.91 Å². The summed E-state index contributed by atoms with van der Waals surface area (Å²) in [6.45, 7) is 4.13. The Morgan fingerprint density at radius 3 is 2.61 bits per heavy atom. The number of rotatable bonds is 3. The van der Waals surface area contributed by atoms with Gasteiger partial charge in [-0.1, -0.05) is 29.5 Å². The first-order chi connectivity index (χ1) is 13.6. The standard InChI is InChI=1S/C21H15N3OS3/c1-11-7-8-15-18(12(11)2)23-21(28-15)24-19(25)16-9-10-17(26-16)20-22-13-5-3-4-6-14(13)27-20/h3-10H,1-2H3,(H,23,24,25). The van der Waals surface area contributed by atoms with E-state index in [1.165, 1.54) is 28.2 Å². The van der Waals surface area contributed by atoms with Crippen molar-refractivity contribution in [1.29, 1.82) is 0 Å². The number of aromatic nitrogens is 2. The van der Waals surface area contributed by atoms with Crippen LogP contribution in [0.5, 0.6) is 0 Å². The second-order valence-electron chi connectivity index (χ2n) is 6.48. The highest BCUT2D eigenvalue weighted by Crippen LogP contribution is 2.35. The second-order valence-corrected chi connectivity index (χ2v) is 9.62. The van der Waals surface area contributed by atoms with E-state index in [1.54, 1.807) is 11.3 Å². The molecule has 2 aromatic carbocycles. The van der Waals surface area contributed by atoms with Gasteiger partial charge in [-0.25, -0.2) is 9.97 Å². The Hall–Kier alpha value is -2.61. The Morgan fingerprint density at radius 1 is 0.893 bits per heavy atom. The molecule has 0 fully saturated rings. The van der Waals surface area contributed by atoms with Gasteiger partial charge in [-0.15, -0.1) is 22.7 Å². The fraction of sp³-hybridized carbons (Fsp3) is 0.0952. The fourth-order valence-corrected chi connectivity index (χ4v) is 5.83. The van der Waals surface area contributed by atoms with E-state index in [0.717, 1.165) is 35.9 Å². The van der Waals surface area contributed by atoms with Gasteiger partial charge in [-0.05, 0) is 55.3 Å². The fourth-order valence-electron chi connectivity index (χ4n) is 2.99. The molecule has 0 saturated carbocycles. The summed E-state index contributed by atoms with van der Waals surface area (Å²) >= 11 is 4.60. The third-order valence-electron chi connectivity index (χ3n) is 4.64. The molecule has 5 rings (SSSR count). The van der Waals surface area contributed by atoms with E-state index in [1.807, 2.05) is 30.3 Å². The van der Waals surface area contributed by atoms with Gasteiger partial charge in [0.2, 0.25) is 0 Å². The van der Waals surface area contributed by atoms with Crippen LogP contribution in [-0.2, 0) is 0 Å². The van der Waals surface area contributed by atoms with Crippen LogP contribution in [0.4, 0.5) is 5.13 Å². The van der Waals surface area contributed by atoms with Gasteiger partial charge in [0.1, 0.15) is 5.01 Å². The van der Waals surface area contributed by atoms with E-state index in [9.17, 15) is 4.79 Å². The van der Waals surface area contributed by atoms with Gasteiger partial charge < -0.3 is 0 Å². The number of benzene rings is 2. The molecule has 7 heteroatoms. The van der Waals surface area contributed by atoms with Gasteiger partial charge in [0, 0.05) is 0 Å². The first-order valence-electron chi connectivity index (χ1n) is 8.72. The molecule has 0 aliphatic carbocycles. The lowest BCUT2D eigenvalue weighted by Gasteiger charge is -1.98. The summed E-state index contributed by atoms with van der Waals surface area (Å²) in [5.74, 6) is -0.134. The molecule has 5 aromatic rings. The Bertz CT molecular complexity index is 1310. The van der Waals surface area contributed by atoms with Crippen molar-refractivity contribution in [2.75, 3.05) is 5.32 Å². The van der Waals surface area contributed by atoms with Crippen molar-refractivity contribution < 1.29 is 4.79 Å². The summed E-state index contributed by atoms with van der Waals surface area (Å²) in [7, 11) is 0. The normalized spacial score (nSPS) is 11.4. The average molecular weight is 422 g/mol. The molecule has 0 aliphatic heterocycles. The highest BCUT2D eigenvalue weighted by Gasteiger charge is 2.15. The number of amides is 1. The Labute approximate surface area is 173 Å². The lowest BCUT2D eigenvalue weighted by atomic mass is 10.1. The van der Waals surface area contributed by atoms with Crippen molar-refractivity contribution in [3.63, 3.8) is 0 Å². The number of thiazole rings is 2. The molecule has 0 atom stereocenters. The van der Waals surface area contributed by atoms with Gasteiger partial charge in [0.05, 0.1) is 30.2 Å². The quantitative estimate of drug-likeness (QED) is 0.361. The predicted octanol–water partition coefficient (Wildman–Crippen LogP) is 6.50. The lowest BCUT2D eigenvalue weighted by molar-refractivity contribution is 0.103. The Balaban J connectivity index is 1.41. The number of hydrogen-bond acceptors (Lipinski definition) is 6. The first kappa shape index (κ1) is 17.5. The van der Waals surface area contributed by atoms with Crippen LogP contribution in [0.25, 0.3) is 30.3 Å². The molecule has 28 heavy (non-hydrogen) atoms. The molecule has 3 heterocycles. The zero-order chi connectivity index (χ0) is 19.3. The second kappa shape index (κ2) is 6.77. The molecule has 0 aliphatic rings. The number of carbonyl (C=O) groups excluding carboxylic acids is 1. The van der Waals surface area contributed by atoms with E-state index in [0.29, 0.717) is 10.0 Å². The van der Waals surface area contributed by atoms with Gasteiger partial charge in [-0.3, -0.25) is 10.1 Å². The monoisotopic (exact) mass is 421 g/mol. The maximum Gasteiger partial charge on any atom is 0.267 e. The van der Waals surface area contributed by atoms with E-state index in [2.05, 4.69) is 47.3 Å². The van der Waals surface area contributed by atoms with E-state index >= 15 is 0 Å². The van der Waals surface area contributed by atoms with Crippen LogP contribution in [0.3, 0.4) is 0 Å². The number of nitrogens with one attached hydrogen (secondary N) is 1. The van der Waals surface area contributed by atoms with Crippen LogP contribution in [0, 0.1) is 13.8 Å². The highest BCUT2D eigenvalue weighted by molar-refractivity contribution is 7.26. The maximum atomic E-state index is 12.7. The Morgan fingerprint density at radius 2 is 1.75 bits per heavy atom. The SMILES string of the molecule is Cc1ccc2sc(NC(=O)c3ccc(-c4nc5ccccc5s4)s3)nc2c1C. The van der Waals surface area contributed by atoms with Crippen molar-refractivity contribution >= 4 is 65.5 Å². The van der Waals surface area contributed by atoms with Crippen LogP contribution >= 0.6 is 34.0 Å². The number of aryl methyl sites for hydroxylation is 2. The minimum Gasteiger partial charge on any atom is -0.297 e. The van der Waals surface area contributed by atoms with Gasteiger partial charge in [-0.2, -0.15) is 0 Å². The lowest BCUT2D eigenvalue weighted by Crippen LogP contribution is -2.09. The maximum absolute atomic E-state index is 12.7. The van der Waals surface area contributed by atoms with Crippen molar-refractivity contribution in [2.45, 2.75) is 13.8 Å². The molecule has 0 spiro atoms. The largest absolute Gasteiger partial charge is 0.297 e. The predicted molar refractivity (Wildman–Crippen MR) is 120 cm³/mol. The summed E-state index contributed by atoms with van der Waals surface area (Å²) in [5.41, 5.74) is 4.31. The summed E-state index contributed by atoms with van der Waals surface area (Å²) in [5, 5.41) is 4.52. The molecule has 0 unspecified atom stereocenters. The molecule has 1 amide bonds. The highest BCUT2D eigenvalue weighted by atomic mass is 32.1. The van der Waals surface area contributed by atoms with E-state index < -0.39 is 0 Å². The van der Waals surface area contributed by atoms with E-state index in [4.69, 9.17) is 0 Å². The number of fused-ring (bicyclic) bond motifs is 2. The average Bonchev–Trinajstić information content (AvgIpc) is 3.41. The van der Waals surface area contributed by atoms with Crippen LogP contribution in [0.15, 0.2) is 48.5 Å². The molecule has 138 valence electrons. The molecule has 0 saturated heterocycles. The van der Waals surface area contributed by atoms with Crippen LogP contribution in [-0.4, -0.2) is 15.9 Å². The summed E-state index contributed by atoms with van der Waals surface area (Å²) in [4.78, 5) is 23.7. The zero-order valence-corrected chi connectivity index (χ0v) is 17.6. The van der Waals surface area contributed by atoms with Crippen molar-refractivity contribution in [1.82, 2.24) is 9.97 Å². The number of hydrogen-bond donors (Lipinski definition) is 1. The van der Waals surface area contributed by atoms with Gasteiger partial charge in [0.25, 0.3) is 5.91 Å². The van der Waals surface area contributed by atoms with Gasteiger partial charge in [0.15, 0.2) is 5.13 Å². The molecular weight excluding hydrogens is 406 g/mol. The number of carbonyl (C=O) groups is 1. The molecule has 3 aromatic heterocycles. The van der Waals surface area contributed by atoms with Crippen molar-refractivity contribution in [3.8, 4) is 9.88 Å². The Kier molecular flexibility index (Phi) is 4.23. The number of para-hydroxylation sites is 1. The zero-order valence-electron chi connectivity index (χ0n) is 15.1. The topological polar surface area (TPSA) is 54.9 Å². The van der Waals surface area contributed by atoms with Crippen molar-refractivity contribution in [2.24, 2.45) is 0 Å². The minimum atomic E-state index is -0.134. The minimum absolute atomic E-state index is 0.134. The molecule has 0 bridgehead atoms. The van der Waals surface area contributed by atoms with Crippen LogP contribution < -0.4 is 5.32 Å². The van der Waals surface area contributed by atoms with Crippen LogP contribution in [0.2, 0.25) is 0 Å².